The van der Waals surface area contributed by atoms with Crippen LogP contribution in [0.25, 0.3) is 0 Å². The normalized spacial score (nSPS) is 39.3. The molecule has 4 heteroatoms. The smallest absolute Gasteiger partial charge is 0.147 e. The van der Waals surface area contributed by atoms with E-state index in [4.69, 9.17) is 0 Å². The van der Waals surface area contributed by atoms with Crippen LogP contribution in [0.15, 0.2) is 0 Å². The van der Waals surface area contributed by atoms with Crippen LogP contribution in [0.2, 0.25) is 0 Å². The van der Waals surface area contributed by atoms with Crippen LogP contribution in [0.3, 0.4) is 0 Å². The molecule has 0 radical (unpaired) electrons. The molecule has 76 valence electrons. The van der Waals surface area contributed by atoms with Crippen LogP contribution in [-0.4, -0.2) is 32.5 Å². The van der Waals surface area contributed by atoms with Crippen molar-refractivity contribution in [2.75, 3.05) is 12.0 Å². The Hall–Kier alpha value is -0.0900. The summed E-state index contributed by atoms with van der Waals surface area (Å²) in [5.74, 6) is 0.801. The fraction of sp³-hybridized carbons (Fsp3) is 1.00. The Morgan fingerprint density at radius 1 is 1.23 bits per heavy atom. The molecule has 0 saturated carbocycles. The highest BCUT2D eigenvalue weighted by atomic mass is 32.2. The van der Waals surface area contributed by atoms with Crippen molar-refractivity contribution in [3.63, 3.8) is 0 Å². The number of hydrogen-bond acceptors (Lipinski definition) is 3. The lowest BCUT2D eigenvalue weighted by Crippen LogP contribution is -2.39. The molecule has 2 bridgehead atoms. The maximum atomic E-state index is 11.1. The molecular weight excluding hydrogens is 186 g/mol. The van der Waals surface area contributed by atoms with Gasteiger partial charge in [0.15, 0.2) is 0 Å². The Bertz CT molecular complexity index is 274. The summed E-state index contributed by atoms with van der Waals surface area (Å²) >= 11 is 0. The number of piperidine rings is 1. The summed E-state index contributed by atoms with van der Waals surface area (Å²) < 4.78 is 22.2. The minimum Gasteiger partial charge on any atom is -0.311 e. The van der Waals surface area contributed by atoms with E-state index in [0.717, 1.165) is 12.8 Å². The van der Waals surface area contributed by atoms with E-state index in [1.807, 2.05) is 0 Å². The zero-order valence-electron chi connectivity index (χ0n) is 7.99. The number of nitrogens with one attached hydrogen (secondary N) is 1. The van der Waals surface area contributed by atoms with Crippen LogP contribution >= 0.6 is 0 Å². The number of rotatable bonds is 2. The van der Waals surface area contributed by atoms with E-state index in [0.29, 0.717) is 23.8 Å². The highest BCUT2D eigenvalue weighted by molar-refractivity contribution is 7.90. The summed E-state index contributed by atoms with van der Waals surface area (Å²) in [6.07, 6.45) is 5.94. The average molecular weight is 203 g/mol. The summed E-state index contributed by atoms with van der Waals surface area (Å²) in [6.45, 7) is 0. The highest BCUT2D eigenvalue weighted by Crippen LogP contribution is 2.31. The molecule has 13 heavy (non-hydrogen) atoms. The first-order valence-corrected chi connectivity index (χ1v) is 7.03. The number of fused-ring (bicyclic) bond motifs is 2. The van der Waals surface area contributed by atoms with Gasteiger partial charge in [-0.15, -0.1) is 0 Å². The summed E-state index contributed by atoms with van der Waals surface area (Å²) in [7, 11) is -2.77. The van der Waals surface area contributed by atoms with Crippen LogP contribution in [-0.2, 0) is 9.84 Å². The van der Waals surface area contributed by atoms with Gasteiger partial charge in [-0.2, -0.15) is 0 Å². The average Bonchev–Trinajstić information content (AvgIpc) is 2.27. The third-order valence-electron chi connectivity index (χ3n) is 3.11. The van der Waals surface area contributed by atoms with Crippen LogP contribution in [0.5, 0.6) is 0 Å². The molecule has 0 aromatic heterocycles. The second kappa shape index (κ2) is 3.24. The molecule has 3 atom stereocenters. The van der Waals surface area contributed by atoms with Gasteiger partial charge >= 0.3 is 0 Å². The van der Waals surface area contributed by atoms with Gasteiger partial charge in [0.1, 0.15) is 9.84 Å². The molecule has 0 unspecified atom stereocenters. The van der Waals surface area contributed by atoms with Crippen molar-refractivity contribution in [3.05, 3.63) is 0 Å². The van der Waals surface area contributed by atoms with Gasteiger partial charge in [0.05, 0.1) is 5.75 Å². The maximum Gasteiger partial charge on any atom is 0.147 e. The first-order chi connectivity index (χ1) is 6.03. The zero-order chi connectivity index (χ0) is 9.47. The molecule has 0 aromatic carbocycles. The third-order valence-corrected chi connectivity index (χ3v) is 4.19. The molecule has 2 aliphatic rings. The first kappa shape index (κ1) is 9.46. The largest absolute Gasteiger partial charge is 0.311 e. The lowest BCUT2D eigenvalue weighted by Gasteiger charge is -2.28. The Labute approximate surface area is 79.8 Å². The van der Waals surface area contributed by atoms with E-state index in [2.05, 4.69) is 5.32 Å². The second-order valence-electron chi connectivity index (χ2n) is 4.57. The van der Waals surface area contributed by atoms with Crippen molar-refractivity contribution < 1.29 is 8.42 Å². The molecule has 2 heterocycles. The van der Waals surface area contributed by atoms with Gasteiger partial charge in [0, 0.05) is 18.3 Å². The minimum atomic E-state index is -2.77. The summed E-state index contributed by atoms with van der Waals surface area (Å²) in [5.41, 5.74) is 0. The maximum absolute atomic E-state index is 11.1. The number of sulfone groups is 1. The molecule has 2 saturated heterocycles. The first-order valence-electron chi connectivity index (χ1n) is 4.97. The predicted molar refractivity (Wildman–Crippen MR) is 52.4 cm³/mol. The lowest BCUT2D eigenvalue weighted by atomic mass is 9.94. The molecule has 2 fully saturated rings. The fourth-order valence-corrected chi connectivity index (χ4v) is 3.87. The van der Waals surface area contributed by atoms with Crippen LogP contribution in [0.4, 0.5) is 0 Å². The third kappa shape index (κ3) is 2.44. The standard InChI is InChI=1S/C9H17NO2S/c1-13(11,12)6-7-4-8-2-3-9(5-7)10-8/h7-10H,2-6H2,1H3/t7-,8+,9-. The van der Waals surface area contributed by atoms with Gasteiger partial charge in [-0.1, -0.05) is 0 Å². The van der Waals surface area contributed by atoms with Gasteiger partial charge in [0.2, 0.25) is 0 Å². The molecule has 2 rings (SSSR count). The second-order valence-corrected chi connectivity index (χ2v) is 6.75. The number of hydrogen-bond donors (Lipinski definition) is 1. The van der Waals surface area contributed by atoms with Crippen LogP contribution < -0.4 is 5.32 Å². The summed E-state index contributed by atoms with van der Waals surface area (Å²) in [5, 5.41) is 3.51. The summed E-state index contributed by atoms with van der Waals surface area (Å²) in [4.78, 5) is 0. The SMILES string of the molecule is CS(=O)(=O)C[C@H]1C[C@H]2CC[C@@H](C1)N2. The zero-order valence-corrected chi connectivity index (χ0v) is 8.81. The van der Waals surface area contributed by atoms with Crippen molar-refractivity contribution in [2.24, 2.45) is 5.92 Å². The molecule has 0 aromatic rings. The molecule has 1 N–H and O–H groups in total. The minimum absolute atomic E-state index is 0.391. The molecule has 0 spiro atoms. The molecule has 0 aliphatic carbocycles. The molecule has 2 aliphatic heterocycles. The van der Waals surface area contributed by atoms with Gasteiger partial charge in [-0.3, -0.25) is 0 Å². The van der Waals surface area contributed by atoms with Gasteiger partial charge < -0.3 is 5.32 Å². The van der Waals surface area contributed by atoms with Gasteiger partial charge in [-0.25, -0.2) is 8.42 Å². The lowest BCUT2D eigenvalue weighted by molar-refractivity contribution is 0.320. The van der Waals surface area contributed by atoms with Crippen LogP contribution in [0, 0.1) is 5.92 Å². The van der Waals surface area contributed by atoms with Crippen molar-refractivity contribution in [1.82, 2.24) is 5.32 Å². The van der Waals surface area contributed by atoms with E-state index >= 15 is 0 Å². The monoisotopic (exact) mass is 203 g/mol. The molecular formula is C9H17NO2S. The Balaban J connectivity index is 1.96. The highest BCUT2D eigenvalue weighted by Gasteiger charge is 2.34. The van der Waals surface area contributed by atoms with E-state index in [1.54, 1.807) is 0 Å². The van der Waals surface area contributed by atoms with E-state index in [1.165, 1.54) is 19.1 Å². The predicted octanol–water partition coefficient (Wildman–Crippen LogP) is 0.562. The summed E-state index contributed by atoms with van der Waals surface area (Å²) in [6, 6.07) is 1.20. The van der Waals surface area contributed by atoms with E-state index in [-0.39, 0.29) is 0 Å². The van der Waals surface area contributed by atoms with Crippen molar-refractivity contribution in [3.8, 4) is 0 Å². The van der Waals surface area contributed by atoms with Gasteiger partial charge in [-0.05, 0) is 31.6 Å². The Morgan fingerprint density at radius 3 is 2.23 bits per heavy atom. The van der Waals surface area contributed by atoms with Gasteiger partial charge in [0.25, 0.3) is 0 Å². The molecule has 0 amide bonds. The molecule has 3 nitrogen and oxygen atoms in total. The van der Waals surface area contributed by atoms with Crippen molar-refractivity contribution in [1.29, 1.82) is 0 Å². The quantitative estimate of drug-likeness (QED) is 0.713. The topological polar surface area (TPSA) is 46.2 Å². The van der Waals surface area contributed by atoms with E-state index < -0.39 is 9.84 Å². The fourth-order valence-electron chi connectivity index (χ4n) is 2.74. The Kier molecular flexibility index (Phi) is 2.36. The van der Waals surface area contributed by atoms with Crippen molar-refractivity contribution in [2.45, 2.75) is 37.8 Å². The van der Waals surface area contributed by atoms with Crippen molar-refractivity contribution >= 4 is 9.84 Å². The Morgan fingerprint density at radius 2 is 1.77 bits per heavy atom. The van der Waals surface area contributed by atoms with Crippen LogP contribution in [0.1, 0.15) is 25.7 Å². The van der Waals surface area contributed by atoms with E-state index in [9.17, 15) is 8.42 Å².